The van der Waals surface area contributed by atoms with Crippen molar-refractivity contribution in [1.82, 2.24) is 4.98 Å². The van der Waals surface area contributed by atoms with Gasteiger partial charge in [-0.1, -0.05) is 34.8 Å². The molecule has 2 rings (SSSR count). The highest BCUT2D eigenvalue weighted by molar-refractivity contribution is 6.48. The maximum Gasteiger partial charge on any atom is 0.0778 e. The molecule has 1 N–H and O–H groups in total. The Morgan fingerprint density at radius 3 is 2.29 bits per heavy atom. The average molecular weight is 289 g/mol. The second-order valence-corrected chi connectivity index (χ2v) is 4.65. The van der Waals surface area contributed by atoms with Gasteiger partial charge in [0.2, 0.25) is 0 Å². The van der Waals surface area contributed by atoms with E-state index in [0.717, 1.165) is 11.1 Å². The number of nitrogens with zero attached hydrogens (tertiary/aromatic N) is 1. The molecule has 0 amide bonds. The molecule has 0 saturated heterocycles. The zero-order valence-corrected chi connectivity index (χ0v) is 10.9. The number of aliphatic hydroxyl groups excluding tert-OH is 1. The normalized spacial score (nSPS) is 10.6. The van der Waals surface area contributed by atoms with Crippen LogP contribution in [-0.4, -0.2) is 10.1 Å². The van der Waals surface area contributed by atoms with Crippen molar-refractivity contribution >= 4 is 34.8 Å². The van der Waals surface area contributed by atoms with Gasteiger partial charge in [0, 0.05) is 11.8 Å². The van der Waals surface area contributed by atoms with Crippen LogP contribution in [-0.2, 0) is 6.61 Å². The fourth-order valence-corrected chi connectivity index (χ4v) is 2.03. The summed E-state index contributed by atoms with van der Waals surface area (Å²) in [6, 6.07) is 6.90. The summed E-state index contributed by atoms with van der Waals surface area (Å²) >= 11 is 17.8. The van der Waals surface area contributed by atoms with E-state index >= 15 is 0 Å². The lowest BCUT2D eigenvalue weighted by atomic mass is 10.1. The van der Waals surface area contributed by atoms with Gasteiger partial charge in [-0.25, -0.2) is 0 Å². The van der Waals surface area contributed by atoms with Crippen molar-refractivity contribution in [2.24, 2.45) is 0 Å². The van der Waals surface area contributed by atoms with Gasteiger partial charge in [0.1, 0.15) is 0 Å². The standard InChI is InChI=1S/C12H8Cl3NO/c13-9-4-8(5-10(14)12(9)15)11-3-7(6-17)1-2-16-11/h1-5,17H,6H2. The summed E-state index contributed by atoms with van der Waals surface area (Å²) in [4.78, 5) is 4.20. The summed E-state index contributed by atoms with van der Waals surface area (Å²) in [5.41, 5.74) is 2.23. The van der Waals surface area contributed by atoms with E-state index in [-0.39, 0.29) is 6.61 Å². The summed E-state index contributed by atoms with van der Waals surface area (Å²) in [6.45, 7) is -0.0371. The van der Waals surface area contributed by atoms with Crippen molar-refractivity contribution < 1.29 is 5.11 Å². The molecule has 0 spiro atoms. The Labute approximate surface area is 114 Å². The Kier molecular flexibility index (Phi) is 3.89. The maximum absolute atomic E-state index is 9.06. The third-order valence-corrected chi connectivity index (χ3v) is 3.48. The molecule has 1 aromatic heterocycles. The first kappa shape index (κ1) is 12.7. The van der Waals surface area contributed by atoms with Crippen LogP contribution in [0.5, 0.6) is 0 Å². The Morgan fingerprint density at radius 1 is 1.06 bits per heavy atom. The summed E-state index contributed by atoms with van der Waals surface area (Å²) in [7, 11) is 0. The molecule has 88 valence electrons. The molecular weight excluding hydrogens is 280 g/mol. The number of aliphatic hydroxyl groups is 1. The number of pyridine rings is 1. The van der Waals surface area contributed by atoms with E-state index < -0.39 is 0 Å². The molecule has 0 atom stereocenters. The second-order valence-electron chi connectivity index (χ2n) is 3.46. The molecular formula is C12H8Cl3NO. The molecule has 17 heavy (non-hydrogen) atoms. The molecule has 5 heteroatoms. The van der Waals surface area contributed by atoms with Crippen LogP contribution < -0.4 is 0 Å². The quantitative estimate of drug-likeness (QED) is 0.840. The summed E-state index contributed by atoms with van der Waals surface area (Å²) in [6.07, 6.45) is 1.62. The van der Waals surface area contributed by atoms with Gasteiger partial charge in [0.25, 0.3) is 0 Å². The van der Waals surface area contributed by atoms with Gasteiger partial charge >= 0.3 is 0 Å². The van der Waals surface area contributed by atoms with Crippen LogP contribution >= 0.6 is 34.8 Å². The van der Waals surface area contributed by atoms with Gasteiger partial charge in [0.05, 0.1) is 27.4 Å². The van der Waals surface area contributed by atoms with Crippen molar-refractivity contribution in [3.8, 4) is 11.3 Å². The third kappa shape index (κ3) is 2.72. The Hall–Kier alpha value is -0.800. The first-order valence-electron chi connectivity index (χ1n) is 4.82. The van der Waals surface area contributed by atoms with Crippen molar-refractivity contribution in [2.45, 2.75) is 6.61 Å². The number of rotatable bonds is 2. The molecule has 0 bridgehead atoms. The molecule has 0 aliphatic heterocycles. The smallest absolute Gasteiger partial charge is 0.0778 e. The fourth-order valence-electron chi connectivity index (χ4n) is 1.43. The molecule has 0 fully saturated rings. The molecule has 2 nitrogen and oxygen atoms in total. The van der Waals surface area contributed by atoms with Crippen LogP contribution in [0.4, 0.5) is 0 Å². The Morgan fingerprint density at radius 2 is 1.71 bits per heavy atom. The van der Waals surface area contributed by atoms with Crippen LogP contribution in [0, 0.1) is 0 Å². The van der Waals surface area contributed by atoms with E-state index in [0.29, 0.717) is 20.8 Å². The second kappa shape index (κ2) is 5.23. The molecule has 0 unspecified atom stereocenters. The van der Waals surface area contributed by atoms with E-state index in [2.05, 4.69) is 4.98 Å². The lowest BCUT2D eigenvalue weighted by Crippen LogP contribution is -1.88. The number of benzene rings is 1. The summed E-state index contributed by atoms with van der Waals surface area (Å²) in [5, 5.41) is 10.2. The molecule has 2 aromatic rings. The number of hydrogen-bond donors (Lipinski definition) is 1. The van der Waals surface area contributed by atoms with Crippen LogP contribution in [0.15, 0.2) is 30.5 Å². The van der Waals surface area contributed by atoms with E-state index in [4.69, 9.17) is 39.9 Å². The molecule has 0 radical (unpaired) electrons. The van der Waals surface area contributed by atoms with Gasteiger partial charge < -0.3 is 5.11 Å². The highest BCUT2D eigenvalue weighted by Crippen LogP contribution is 2.34. The molecule has 0 aliphatic carbocycles. The lowest BCUT2D eigenvalue weighted by molar-refractivity contribution is 0.282. The van der Waals surface area contributed by atoms with Gasteiger partial charge in [-0.2, -0.15) is 0 Å². The van der Waals surface area contributed by atoms with Gasteiger partial charge in [0.15, 0.2) is 0 Å². The van der Waals surface area contributed by atoms with Crippen LogP contribution in [0.1, 0.15) is 5.56 Å². The van der Waals surface area contributed by atoms with Crippen LogP contribution in [0.3, 0.4) is 0 Å². The SMILES string of the molecule is OCc1ccnc(-c2cc(Cl)c(Cl)c(Cl)c2)c1. The van der Waals surface area contributed by atoms with Crippen molar-refractivity contribution in [3.05, 3.63) is 51.1 Å². The third-order valence-electron chi connectivity index (χ3n) is 2.29. The first-order chi connectivity index (χ1) is 8.11. The van der Waals surface area contributed by atoms with E-state index in [9.17, 15) is 0 Å². The maximum atomic E-state index is 9.06. The van der Waals surface area contributed by atoms with Crippen LogP contribution in [0.25, 0.3) is 11.3 Å². The van der Waals surface area contributed by atoms with E-state index in [1.807, 2.05) is 0 Å². The predicted molar refractivity (Wildman–Crippen MR) is 70.6 cm³/mol. The van der Waals surface area contributed by atoms with Gasteiger partial charge in [-0.3, -0.25) is 4.98 Å². The zero-order valence-electron chi connectivity index (χ0n) is 8.62. The Bertz CT molecular complexity index is 534. The number of halogens is 3. The molecule has 0 aliphatic rings. The zero-order chi connectivity index (χ0) is 12.4. The molecule has 1 aromatic carbocycles. The summed E-state index contributed by atoms with van der Waals surface area (Å²) < 4.78 is 0. The van der Waals surface area contributed by atoms with Crippen molar-refractivity contribution in [2.75, 3.05) is 0 Å². The monoisotopic (exact) mass is 287 g/mol. The number of aromatic nitrogens is 1. The number of hydrogen-bond acceptors (Lipinski definition) is 2. The average Bonchev–Trinajstić information content (AvgIpc) is 2.35. The van der Waals surface area contributed by atoms with Gasteiger partial charge in [-0.15, -0.1) is 0 Å². The van der Waals surface area contributed by atoms with E-state index in [1.165, 1.54) is 0 Å². The minimum Gasteiger partial charge on any atom is -0.392 e. The lowest BCUT2D eigenvalue weighted by Gasteiger charge is -2.06. The van der Waals surface area contributed by atoms with Crippen molar-refractivity contribution in [3.63, 3.8) is 0 Å². The molecule has 0 saturated carbocycles. The van der Waals surface area contributed by atoms with Crippen LogP contribution in [0.2, 0.25) is 15.1 Å². The first-order valence-corrected chi connectivity index (χ1v) is 5.96. The fraction of sp³-hybridized carbons (Fsp3) is 0.0833. The Balaban J connectivity index is 2.52. The highest BCUT2D eigenvalue weighted by Gasteiger charge is 2.08. The van der Waals surface area contributed by atoms with Crippen molar-refractivity contribution in [1.29, 1.82) is 0 Å². The van der Waals surface area contributed by atoms with E-state index in [1.54, 1.807) is 30.5 Å². The highest BCUT2D eigenvalue weighted by atomic mass is 35.5. The largest absolute Gasteiger partial charge is 0.392 e. The summed E-state index contributed by atoms with van der Waals surface area (Å²) in [5.74, 6) is 0. The topological polar surface area (TPSA) is 33.1 Å². The minimum absolute atomic E-state index is 0.0371. The van der Waals surface area contributed by atoms with Gasteiger partial charge in [-0.05, 0) is 29.8 Å². The molecule has 1 heterocycles. The predicted octanol–water partition coefficient (Wildman–Crippen LogP) is 4.20. The minimum atomic E-state index is -0.0371.